The molecule has 4 amide bonds. The third-order valence-electron chi connectivity index (χ3n) is 5.41. The van der Waals surface area contributed by atoms with E-state index in [4.69, 9.17) is 32.7 Å². The van der Waals surface area contributed by atoms with Gasteiger partial charge in [0.15, 0.2) is 5.75 Å². The van der Waals surface area contributed by atoms with Crippen molar-refractivity contribution in [1.82, 2.24) is 5.32 Å². The van der Waals surface area contributed by atoms with Crippen LogP contribution in [0.2, 0.25) is 10.0 Å². The molecule has 1 saturated heterocycles. The van der Waals surface area contributed by atoms with Crippen LogP contribution < -0.4 is 19.7 Å². The van der Waals surface area contributed by atoms with Crippen molar-refractivity contribution >= 4 is 58.5 Å². The second-order valence-electron chi connectivity index (χ2n) is 7.82. The molecule has 3 aromatic carbocycles. The summed E-state index contributed by atoms with van der Waals surface area (Å²) in [5, 5.41) is 24.2. The summed E-state index contributed by atoms with van der Waals surface area (Å²) in [7, 11) is 1.19. The molecule has 0 atom stereocenters. The molecule has 11 nitrogen and oxygen atoms in total. The molecule has 1 heterocycles. The summed E-state index contributed by atoms with van der Waals surface area (Å²) in [5.41, 5.74) is -0.307. The van der Waals surface area contributed by atoms with Gasteiger partial charge in [-0.1, -0.05) is 29.3 Å². The van der Waals surface area contributed by atoms with Gasteiger partial charge in [-0.15, -0.1) is 0 Å². The maximum atomic E-state index is 13.2. The van der Waals surface area contributed by atoms with Gasteiger partial charge < -0.3 is 14.6 Å². The van der Waals surface area contributed by atoms with Crippen LogP contribution >= 0.6 is 23.2 Å². The van der Waals surface area contributed by atoms with E-state index in [2.05, 4.69) is 5.32 Å². The average Bonchev–Trinajstić information content (AvgIpc) is 2.87. The van der Waals surface area contributed by atoms with Gasteiger partial charge in [-0.3, -0.25) is 25.0 Å². The number of nitro benzene ring substituents is 1. The standard InChI is InChI=1S/C25H17Cl2N3O8/c1-37-21-10-13(9-20(22(21)31)30(35)36)8-18-23(32)28-25(34)29(24(18)33)16-4-6-17(7-5-16)38-12-14-2-3-15(26)11-19(14)27/h2-11,31H,12H2,1H3,(H,28,32,34)/b18-8+. The van der Waals surface area contributed by atoms with Gasteiger partial charge in [0.2, 0.25) is 5.75 Å². The Kier molecular flexibility index (Phi) is 7.51. The summed E-state index contributed by atoms with van der Waals surface area (Å²) in [6.45, 7) is 0.141. The molecule has 2 N–H and O–H groups in total. The van der Waals surface area contributed by atoms with Gasteiger partial charge in [0.25, 0.3) is 11.8 Å². The third-order valence-corrected chi connectivity index (χ3v) is 6.00. The number of urea groups is 1. The van der Waals surface area contributed by atoms with E-state index >= 15 is 0 Å². The minimum Gasteiger partial charge on any atom is -0.500 e. The van der Waals surface area contributed by atoms with E-state index in [0.717, 1.165) is 17.0 Å². The molecular weight excluding hydrogens is 541 g/mol. The first-order valence-electron chi connectivity index (χ1n) is 10.7. The number of halogens is 2. The van der Waals surface area contributed by atoms with Crippen LogP contribution in [0.1, 0.15) is 11.1 Å². The van der Waals surface area contributed by atoms with Gasteiger partial charge in [-0.25, -0.2) is 9.69 Å². The molecule has 0 radical (unpaired) electrons. The molecule has 194 valence electrons. The summed E-state index contributed by atoms with van der Waals surface area (Å²) < 4.78 is 10.6. The van der Waals surface area contributed by atoms with Gasteiger partial charge in [0.05, 0.1) is 17.7 Å². The SMILES string of the molecule is COc1cc(/C=C2\C(=O)NC(=O)N(c3ccc(OCc4ccc(Cl)cc4Cl)cc3)C2=O)cc([N+](=O)[O-])c1O. The van der Waals surface area contributed by atoms with E-state index in [0.29, 0.717) is 21.4 Å². The zero-order valence-corrected chi connectivity index (χ0v) is 20.9. The van der Waals surface area contributed by atoms with E-state index in [-0.39, 0.29) is 23.6 Å². The highest BCUT2D eigenvalue weighted by Gasteiger charge is 2.37. The number of nitrogens with zero attached hydrogens (tertiary/aromatic N) is 2. The lowest BCUT2D eigenvalue weighted by atomic mass is 10.1. The predicted molar refractivity (Wildman–Crippen MR) is 138 cm³/mol. The van der Waals surface area contributed by atoms with Crippen molar-refractivity contribution in [1.29, 1.82) is 0 Å². The van der Waals surface area contributed by atoms with Crippen LogP contribution in [0, 0.1) is 10.1 Å². The normalized spacial score (nSPS) is 14.4. The topological polar surface area (TPSA) is 148 Å². The lowest BCUT2D eigenvalue weighted by Gasteiger charge is -2.26. The quantitative estimate of drug-likeness (QED) is 0.181. The van der Waals surface area contributed by atoms with Crippen LogP contribution in [0.4, 0.5) is 16.2 Å². The summed E-state index contributed by atoms with van der Waals surface area (Å²) in [5.74, 6) is -2.49. The summed E-state index contributed by atoms with van der Waals surface area (Å²) in [6.07, 6.45) is 1.05. The Labute approximate surface area is 224 Å². The number of carbonyl (C=O) groups is 3. The van der Waals surface area contributed by atoms with Gasteiger partial charge in [-0.05, 0) is 54.1 Å². The molecule has 0 aliphatic carbocycles. The zero-order chi connectivity index (χ0) is 27.6. The minimum absolute atomic E-state index is 0.0174. The van der Waals surface area contributed by atoms with Crippen molar-refractivity contribution in [3.63, 3.8) is 0 Å². The lowest BCUT2D eigenvalue weighted by molar-refractivity contribution is -0.386. The van der Waals surface area contributed by atoms with Crippen molar-refractivity contribution in [3.8, 4) is 17.2 Å². The van der Waals surface area contributed by atoms with E-state index < -0.39 is 39.8 Å². The first kappa shape index (κ1) is 26.5. The van der Waals surface area contributed by atoms with Crippen molar-refractivity contribution in [2.24, 2.45) is 0 Å². The number of hydrogen-bond donors (Lipinski definition) is 2. The first-order chi connectivity index (χ1) is 18.1. The molecule has 3 aromatic rings. The predicted octanol–water partition coefficient (Wildman–Crippen LogP) is 4.86. The number of hydrogen-bond acceptors (Lipinski definition) is 8. The number of aromatic hydroxyl groups is 1. The number of benzene rings is 3. The van der Waals surface area contributed by atoms with Gasteiger partial charge in [0, 0.05) is 21.7 Å². The molecule has 0 saturated carbocycles. The fraction of sp³-hybridized carbons (Fsp3) is 0.0800. The lowest BCUT2D eigenvalue weighted by Crippen LogP contribution is -2.54. The highest BCUT2D eigenvalue weighted by atomic mass is 35.5. The second kappa shape index (κ2) is 10.8. The molecule has 1 aliphatic heterocycles. The fourth-order valence-corrected chi connectivity index (χ4v) is 4.00. The molecule has 0 unspecified atom stereocenters. The number of amides is 4. The van der Waals surface area contributed by atoms with Crippen LogP contribution in [-0.4, -0.2) is 35.0 Å². The molecular formula is C25H17Cl2N3O8. The molecule has 1 fully saturated rings. The van der Waals surface area contributed by atoms with Crippen molar-refractivity contribution in [2.75, 3.05) is 12.0 Å². The van der Waals surface area contributed by atoms with Crippen molar-refractivity contribution in [2.45, 2.75) is 6.61 Å². The number of anilines is 1. The second-order valence-corrected chi connectivity index (χ2v) is 8.67. The molecule has 0 spiro atoms. The number of nitrogens with one attached hydrogen (secondary N) is 1. The van der Waals surface area contributed by atoms with E-state index in [1.807, 2.05) is 0 Å². The monoisotopic (exact) mass is 557 g/mol. The van der Waals surface area contributed by atoms with Crippen LogP contribution in [-0.2, 0) is 16.2 Å². The Morgan fingerprint density at radius 1 is 1.08 bits per heavy atom. The van der Waals surface area contributed by atoms with Crippen LogP contribution in [0.15, 0.2) is 60.2 Å². The van der Waals surface area contributed by atoms with E-state index in [9.17, 15) is 29.6 Å². The average molecular weight is 558 g/mol. The Bertz CT molecular complexity index is 1510. The van der Waals surface area contributed by atoms with Crippen molar-refractivity contribution in [3.05, 3.63) is 91.5 Å². The minimum atomic E-state index is -0.995. The maximum Gasteiger partial charge on any atom is 0.335 e. The number of carbonyl (C=O) groups excluding carboxylic acids is 3. The van der Waals surface area contributed by atoms with Crippen LogP contribution in [0.25, 0.3) is 6.08 Å². The maximum absolute atomic E-state index is 13.2. The number of imide groups is 2. The highest BCUT2D eigenvalue weighted by molar-refractivity contribution is 6.39. The Hall–Kier alpha value is -4.61. The number of phenols is 1. The number of barbiturate groups is 1. The van der Waals surface area contributed by atoms with Gasteiger partial charge in [0.1, 0.15) is 17.9 Å². The number of rotatable bonds is 7. The zero-order valence-electron chi connectivity index (χ0n) is 19.4. The Morgan fingerprint density at radius 3 is 2.42 bits per heavy atom. The number of methoxy groups -OCH3 is 1. The number of nitro groups is 1. The number of phenolic OH excluding ortho intramolecular Hbond substituents is 1. The van der Waals surface area contributed by atoms with Crippen LogP contribution in [0.3, 0.4) is 0 Å². The molecule has 4 rings (SSSR count). The number of ether oxygens (including phenoxy) is 2. The Balaban J connectivity index is 1.59. The Morgan fingerprint density at radius 2 is 1.79 bits per heavy atom. The first-order valence-corrected chi connectivity index (χ1v) is 11.5. The van der Waals surface area contributed by atoms with Crippen LogP contribution in [0.5, 0.6) is 17.2 Å². The highest BCUT2D eigenvalue weighted by Crippen LogP contribution is 2.37. The molecule has 1 aliphatic rings. The molecule has 0 aromatic heterocycles. The summed E-state index contributed by atoms with van der Waals surface area (Å²) >= 11 is 12.0. The van der Waals surface area contributed by atoms with Crippen molar-refractivity contribution < 1.29 is 33.9 Å². The van der Waals surface area contributed by atoms with E-state index in [1.54, 1.807) is 18.2 Å². The molecule has 13 heteroatoms. The summed E-state index contributed by atoms with van der Waals surface area (Å²) in [4.78, 5) is 49.3. The largest absolute Gasteiger partial charge is 0.500 e. The summed E-state index contributed by atoms with van der Waals surface area (Å²) in [6, 6.07) is 12.1. The van der Waals surface area contributed by atoms with Gasteiger partial charge >= 0.3 is 11.7 Å². The fourth-order valence-electron chi connectivity index (χ4n) is 3.54. The van der Waals surface area contributed by atoms with E-state index in [1.165, 1.54) is 37.4 Å². The molecule has 0 bridgehead atoms. The smallest absolute Gasteiger partial charge is 0.335 e. The third kappa shape index (κ3) is 5.38. The van der Waals surface area contributed by atoms with Gasteiger partial charge in [-0.2, -0.15) is 0 Å². The molecule has 38 heavy (non-hydrogen) atoms.